The summed E-state index contributed by atoms with van der Waals surface area (Å²) in [7, 11) is 0. The number of piperidine rings is 1. The first-order valence-corrected chi connectivity index (χ1v) is 6.62. The molecule has 1 heterocycles. The van der Waals surface area contributed by atoms with Gasteiger partial charge in [0.05, 0.1) is 0 Å². The van der Waals surface area contributed by atoms with Gasteiger partial charge in [0.1, 0.15) is 5.60 Å². The van der Waals surface area contributed by atoms with Gasteiger partial charge < -0.3 is 15.4 Å². The van der Waals surface area contributed by atoms with Crippen LogP contribution in [0.25, 0.3) is 0 Å². The highest BCUT2D eigenvalue weighted by atomic mass is 16.6. The fourth-order valence-corrected chi connectivity index (χ4v) is 2.26. The van der Waals surface area contributed by atoms with Crippen molar-refractivity contribution in [3.8, 4) is 0 Å². The van der Waals surface area contributed by atoms with Crippen LogP contribution in [0.15, 0.2) is 0 Å². The summed E-state index contributed by atoms with van der Waals surface area (Å²) < 4.78 is 5.29. The number of hydrogen-bond donors (Lipinski definition) is 2. The Kier molecular flexibility index (Phi) is 5.25. The predicted molar refractivity (Wildman–Crippen MR) is 69.0 cm³/mol. The Balaban J connectivity index is 2.44. The average Bonchev–Trinajstić information content (AvgIpc) is 2.18. The van der Waals surface area contributed by atoms with Gasteiger partial charge in [-0.3, -0.25) is 0 Å². The molecule has 0 aromatic heterocycles. The van der Waals surface area contributed by atoms with Crippen LogP contribution in [0, 0.1) is 5.92 Å². The van der Waals surface area contributed by atoms with Gasteiger partial charge in [-0.1, -0.05) is 13.3 Å². The van der Waals surface area contributed by atoms with E-state index < -0.39 is 5.60 Å². The summed E-state index contributed by atoms with van der Waals surface area (Å²) in [6.45, 7) is 9.74. The van der Waals surface area contributed by atoms with E-state index in [9.17, 15) is 4.79 Å². The third-order valence-corrected chi connectivity index (χ3v) is 2.99. The molecule has 0 aromatic rings. The second-order valence-electron chi connectivity index (χ2n) is 5.79. The molecular weight excluding hydrogens is 216 g/mol. The van der Waals surface area contributed by atoms with Crippen LogP contribution >= 0.6 is 0 Å². The molecule has 1 rings (SSSR count). The first kappa shape index (κ1) is 14.3. The summed E-state index contributed by atoms with van der Waals surface area (Å²) in [5.74, 6) is 0.578. The van der Waals surface area contributed by atoms with Crippen molar-refractivity contribution in [2.75, 3.05) is 13.1 Å². The molecule has 1 aliphatic heterocycles. The van der Waals surface area contributed by atoms with Crippen LogP contribution < -0.4 is 10.6 Å². The fraction of sp³-hybridized carbons (Fsp3) is 0.923. The Morgan fingerprint density at radius 3 is 2.76 bits per heavy atom. The van der Waals surface area contributed by atoms with Crippen molar-refractivity contribution in [3.63, 3.8) is 0 Å². The first-order valence-electron chi connectivity index (χ1n) is 6.62. The van der Waals surface area contributed by atoms with Crippen LogP contribution in [0.1, 0.15) is 47.0 Å². The van der Waals surface area contributed by atoms with Gasteiger partial charge in [0.15, 0.2) is 0 Å². The highest BCUT2D eigenvalue weighted by molar-refractivity contribution is 5.68. The third kappa shape index (κ3) is 5.39. The molecule has 0 bridgehead atoms. The third-order valence-electron chi connectivity index (χ3n) is 2.99. The zero-order valence-corrected chi connectivity index (χ0v) is 11.5. The van der Waals surface area contributed by atoms with E-state index in [1.165, 1.54) is 6.42 Å². The van der Waals surface area contributed by atoms with Crippen LogP contribution in [0.2, 0.25) is 0 Å². The van der Waals surface area contributed by atoms with Gasteiger partial charge in [-0.25, -0.2) is 4.79 Å². The monoisotopic (exact) mass is 242 g/mol. The number of rotatable bonds is 3. The molecule has 0 unspecified atom stereocenters. The van der Waals surface area contributed by atoms with Gasteiger partial charge in [0.2, 0.25) is 0 Å². The van der Waals surface area contributed by atoms with Gasteiger partial charge in [0.25, 0.3) is 0 Å². The molecule has 4 nitrogen and oxygen atoms in total. The largest absolute Gasteiger partial charge is 0.444 e. The fourth-order valence-electron chi connectivity index (χ4n) is 2.26. The molecule has 4 heteroatoms. The van der Waals surface area contributed by atoms with Crippen LogP contribution in [0.5, 0.6) is 0 Å². The summed E-state index contributed by atoms with van der Waals surface area (Å²) in [6, 6.07) is 0.207. The molecule has 0 aliphatic carbocycles. The standard InChI is InChI=1S/C13H26N2O2/c1-5-6-10-7-8-14-9-11(10)15-12(16)17-13(2,3)4/h10-11,14H,5-9H2,1-4H3,(H,15,16)/t10-,11-/m1/s1. The molecular formula is C13H26N2O2. The van der Waals surface area contributed by atoms with Crippen molar-refractivity contribution < 1.29 is 9.53 Å². The molecule has 100 valence electrons. The van der Waals surface area contributed by atoms with Gasteiger partial charge in [-0.15, -0.1) is 0 Å². The zero-order chi connectivity index (χ0) is 12.9. The van der Waals surface area contributed by atoms with E-state index in [0.717, 1.165) is 25.9 Å². The number of nitrogens with one attached hydrogen (secondary N) is 2. The normalized spacial score (nSPS) is 25.4. The summed E-state index contributed by atoms with van der Waals surface area (Å²) in [4.78, 5) is 11.7. The Labute approximate surface area is 104 Å². The number of hydrogen-bond acceptors (Lipinski definition) is 3. The van der Waals surface area contributed by atoms with Gasteiger partial charge in [-0.2, -0.15) is 0 Å². The van der Waals surface area contributed by atoms with E-state index in [1.807, 2.05) is 20.8 Å². The van der Waals surface area contributed by atoms with Gasteiger partial charge in [0, 0.05) is 12.6 Å². The Morgan fingerprint density at radius 2 is 2.18 bits per heavy atom. The molecule has 0 radical (unpaired) electrons. The lowest BCUT2D eigenvalue weighted by Gasteiger charge is -2.33. The Hall–Kier alpha value is -0.770. The van der Waals surface area contributed by atoms with Crippen LogP contribution in [-0.2, 0) is 4.74 Å². The maximum Gasteiger partial charge on any atom is 0.407 e. The highest BCUT2D eigenvalue weighted by Gasteiger charge is 2.27. The maximum atomic E-state index is 11.7. The van der Waals surface area contributed by atoms with Gasteiger partial charge >= 0.3 is 6.09 Å². The zero-order valence-electron chi connectivity index (χ0n) is 11.5. The van der Waals surface area contributed by atoms with E-state index in [0.29, 0.717) is 5.92 Å². The summed E-state index contributed by atoms with van der Waals surface area (Å²) in [6.07, 6.45) is 3.17. The maximum absolute atomic E-state index is 11.7. The van der Waals surface area contributed by atoms with E-state index in [1.54, 1.807) is 0 Å². The summed E-state index contributed by atoms with van der Waals surface area (Å²) >= 11 is 0. The van der Waals surface area contributed by atoms with Crippen molar-refractivity contribution in [1.29, 1.82) is 0 Å². The van der Waals surface area contributed by atoms with Crippen LogP contribution in [0.3, 0.4) is 0 Å². The highest BCUT2D eigenvalue weighted by Crippen LogP contribution is 2.19. The SMILES string of the molecule is CCC[C@@H]1CCNC[C@H]1NC(=O)OC(C)(C)C. The molecule has 2 N–H and O–H groups in total. The van der Waals surface area contributed by atoms with Gasteiger partial charge in [-0.05, 0) is 46.1 Å². The number of alkyl carbamates (subject to hydrolysis) is 1. The predicted octanol–water partition coefficient (Wildman–Crippen LogP) is 2.29. The first-order chi connectivity index (χ1) is 7.92. The van der Waals surface area contributed by atoms with E-state index >= 15 is 0 Å². The Bertz CT molecular complexity index is 246. The number of carbonyl (C=O) groups excluding carboxylic acids is 1. The van der Waals surface area contributed by atoms with E-state index in [-0.39, 0.29) is 12.1 Å². The van der Waals surface area contributed by atoms with E-state index in [2.05, 4.69) is 17.6 Å². The number of ether oxygens (including phenoxy) is 1. The minimum Gasteiger partial charge on any atom is -0.444 e. The lowest BCUT2D eigenvalue weighted by atomic mass is 9.89. The minimum absolute atomic E-state index is 0.207. The quantitative estimate of drug-likeness (QED) is 0.798. The molecule has 1 saturated heterocycles. The summed E-state index contributed by atoms with van der Waals surface area (Å²) in [5, 5.41) is 6.31. The van der Waals surface area contributed by atoms with Crippen molar-refractivity contribution in [1.82, 2.24) is 10.6 Å². The van der Waals surface area contributed by atoms with Crippen molar-refractivity contribution >= 4 is 6.09 Å². The van der Waals surface area contributed by atoms with Crippen molar-refractivity contribution in [3.05, 3.63) is 0 Å². The lowest BCUT2D eigenvalue weighted by molar-refractivity contribution is 0.0472. The number of amides is 1. The molecule has 1 aliphatic rings. The molecule has 1 fully saturated rings. The Morgan fingerprint density at radius 1 is 1.47 bits per heavy atom. The second kappa shape index (κ2) is 6.24. The second-order valence-corrected chi connectivity index (χ2v) is 5.79. The van der Waals surface area contributed by atoms with Crippen molar-refractivity contribution in [2.24, 2.45) is 5.92 Å². The molecule has 1 amide bonds. The molecule has 0 aromatic carbocycles. The van der Waals surface area contributed by atoms with Crippen molar-refractivity contribution in [2.45, 2.75) is 58.6 Å². The minimum atomic E-state index is -0.424. The van der Waals surface area contributed by atoms with Crippen LogP contribution in [0.4, 0.5) is 4.79 Å². The van der Waals surface area contributed by atoms with Crippen LogP contribution in [-0.4, -0.2) is 30.8 Å². The lowest BCUT2D eigenvalue weighted by Crippen LogP contribution is -2.52. The molecule has 0 saturated carbocycles. The average molecular weight is 242 g/mol. The molecule has 17 heavy (non-hydrogen) atoms. The number of carbonyl (C=O) groups is 1. The topological polar surface area (TPSA) is 50.4 Å². The molecule has 2 atom stereocenters. The van der Waals surface area contributed by atoms with E-state index in [4.69, 9.17) is 4.74 Å². The summed E-state index contributed by atoms with van der Waals surface area (Å²) in [5.41, 5.74) is -0.424. The smallest absolute Gasteiger partial charge is 0.407 e. The molecule has 0 spiro atoms.